The molecule has 222 valence electrons. The highest BCUT2D eigenvalue weighted by Gasteiger charge is 2.59. The fourth-order valence-corrected chi connectivity index (χ4v) is 8.71. The molecule has 0 aromatic rings. The van der Waals surface area contributed by atoms with Crippen LogP contribution in [0.3, 0.4) is 0 Å². The van der Waals surface area contributed by atoms with E-state index in [4.69, 9.17) is 4.84 Å². The van der Waals surface area contributed by atoms with Crippen LogP contribution in [0, 0.1) is 34.5 Å². The normalized spacial score (nSPS) is 36.5. The van der Waals surface area contributed by atoms with Crippen molar-refractivity contribution in [3.63, 3.8) is 0 Å². The Balaban J connectivity index is 1.36. The summed E-state index contributed by atoms with van der Waals surface area (Å²) < 4.78 is 14.0. The van der Waals surface area contributed by atoms with E-state index >= 15 is 0 Å². The molecule has 4 aliphatic rings. The summed E-state index contributed by atoms with van der Waals surface area (Å²) in [7, 11) is 6.41. The molecule has 4 aliphatic carbocycles. The third kappa shape index (κ3) is 6.54. The van der Waals surface area contributed by atoms with Gasteiger partial charge in [-0.15, -0.1) is 0 Å². The first kappa shape index (κ1) is 30.4. The topological polar surface area (TPSA) is 74.2 Å². The monoisotopic (exact) mass is 549 g/mol. The van der Waals surface area contributed by atoms with E-state index in [0.29, 0.717) is 36.8 Å². The van der Waals surface area contributed by atoms with Crippen LogP contribution in [0.5, 0.6) is 0 Å². The molecule has 0 unspecified atom stereocenters. The highest BCUT2D eigenvalue weighted by molar-refractivity contribution is 5.85. The molecule has 7 nitrogen and oxygen atoms in total. The van der Waals surface area contributed by atoms with Gasteiger partial charge in [-0.3, -0.25) is 4.84 Å². The van der Waals surface area contributed by atoms with Crippen LogP contribution in [0.25, 0.3) is 0 Å². The first-order valence-corrected chi connectivity index (χ1v) is 15.3. The van der Waals surface area contributed by atoms with Crippen molar-refractivity contribution in [1.29, 1.82) is 0 Å². The van der Waals surface area contributed by atoms with Crippen molar-refractivity contribution in [3.05, 3.63) is 11.6 Å². The van der Waals surface area contributed by atoms with Gasteiger partial charge in [0.25, 0.3) is 0 Å². The van der Waals surface area contributed by atoms with Crippen molar-refractivity contribution in [2.75, 3.05) is 60.5 Å². The average Bonchev–Trinajstić information content (AvgIpc) is 3.23. The Morgan fingerprint density at radius 1 is 1.15 bits per heavy atom. The molecule has 0 aliphatic heterocycles. The molecule has 0 radical (unpaired) electrons. The largest absolute Gasteiger partial charge is 0.436 e. The number of nitrogens with one attached hydrogen (secondary N) is 1. The third-order valence-electron chi connectivity index (χ3n) is 11.0. The van der Waals surface area contributed by atoms with Crippen molar-refractivity contribution in [3.8, 4) is 0 Å². The summed E-state index contributed by atoms with van der Waals surface area (Å²) in [5.74, 6) is 2.32. The second-order valence-corrected chi connectivity index (χ2v) is 14.4. The summed E-state index contributed by atoms with van der Waals surface area (Å²) in [5.41, 5.74) is 2.80. The number of hydrogen-bond acceptors (Lipinski definition) is 5. The molecule has 3 fully saturated rings. The Hall–Kier alpha value is -1.51. The molecule has 8 heteroatoms. The number of hydrogen-bond donors (Lipinski definition) is 2. The summed E-state index contributed by atoms with van der Waals surface area (Å²) >= 11 is 0. The lowest BCUT2D eigenvalue weighted by atomic mass is 9.47. The lowest BCUT2D eigenvalue weighted by molar-refractivity contribution is -0.869. The fraction of sp³-hybridized carbons (Fsp3) is 0.871. The van der Waals surface area contributed by atoms with Crippen LogP contribution in [0.4, 0.5) is 9.18 Å². The molecule has 7 atom stereocenters. The molecule has 1 amide bonds. The lowest BCUT2D eigenvalue weighted by Crippen LogP contribution is -2.50. The van der Waals surface area contributed by atoms with Crippen molar-refractivity contribution in [1.82, 2.24) is 10.2 Å². The second-order valence-electron chi connectivity index (χ2n) is 14.4. The van der Waals surface area contributed by atoms with Crippen molar-refractivity contribution in [2.24, 2.45) is 39.7 Å². The van der Waals surface area contributed by atoms with Crippen LogP contribution in [0.1, 0.15) is 72.1 Å². The highest BCUT2D eigenvalue weighted by atomic mass is 19.1. The molecule has 3 saturated carbocycles. The average molecular weight is 550 g/mol. The van der Waals surface area contributed by atoms with Gasteiger partial charge in [0.15, 0.2) is 0 Å². The van der Waals surface area contributed by atoms with Gasteiger partial charge in [-0.1, -0.05) is 30.7 Å². The van der Waals surface area contributed by atoms with E-state index in [2.05, 4.69) is 51.5 Å². The zero-order chi connectivity index (χ0) is 28.4. The van der Waals surface area contributed by atoms with Gasteiger partial charge in [-0.2, -0.15) is 0 Å². The van der Waals surface area contributed by atoms with Gasteiger partial charge in [-0.25, -0.2) is 9.18 Å². The number of allylic oxidation sites excluding steroid dienone is 1. The molecule has 39 heavy (non-hydrogen) atoms. The number of rotatable bonds is 10. The number of likely N-dealkylation sites (N-methyl/N-ethyl adjacent to an activating group) is 1. The van der Waals surface area contributed by atoms with Crippen LogP contribution in [-0.2, 0) is 4.84 Å². The molecule has 0 saturated heterocycles. The quantitative estimate of drug-likeness (QED) is 0.100. The molecule has 4 rings (SSSR count). The lowest BCUT2D eigenvalue weighted by Gasteiger charge is -2.58. The van der Waals surface area contributed by atoms with E-state index < -0.39 is 12.8 Å². The van der Waals surface area contributed by atoms with Crippen LogP contribution in [-0.4, -0.2) is 92.9 Å². The van der Waals surface area contributed by atoms with E-state index in [9.17, 15) is 14.3 Å². The Morgan fingerprint density at radius 3 is 2.64 bits per heavy atom. The predicted octanol–water partition coefficient (Wildman–Crippen LogP) is 5.01. The number of carbonyl (C=O) groups is 1. The molecular weight excluding hydrogens is 495 g/mol. The maximum absolute atomic E-state index is 13.2. The van der Waals surface area contributed by atoms with E-state index in [-0.39, 0.29) is 23.5 Å². The molecule has 0 aromatic carbocycles. The number of aliphatic hydroxyl groups excluding tert-OH is 1. The van der Waals surface area contributed by atoms with Crippen LogP contribution in [0.15, 0.2) is 16.8 Å². The smallest absolute Gasteiger partial charge is 0.393 e. The number of quaternary nitrogens is 1. The number of alkyl halides is 1. The van der Waals surface area contributed by atoms with Crippen molar-refractivity contribution < 1.29 is 23.6 Å². The third-order valence-corrected chi connectivity index (χ3v) is 11.0. The predicted molar refractivity (Wildman–Crippen MR) is 154 cm³/mol. The number of aliphatic hydroxyl groups is 1. The highest BCUT2D eigenvalue weighted by Crippen LogP contribution is 2.66. The SMILES string of the molecule is C/C(=N\OC(=O)N(CCF)CCNCC[N+](C)(C)C)[C@H]1CC[C@H]2[C@@H]3CC=C4C[C@@H](O)CC[C@]4(C)[C@H]3CC[C@]12C. The van der Waals surface area contributed by atoms with E-state index in [1.165, 1.54) is 29.7 Å². The standard InChI is InChI=1S/C31H54FN4O3/c1-22(34-39-29(38)35(18-15-32)19-16-33-17-20-36(4,5)6)26-9-10-27-25-8-7-23-21-24(37)11-13-30(23,2)28(25)12-14-31(26,27)3/h7,24-28,33,37H,8-21H2,1-6H3/q+1/b34-22+/t24-,25-,26+,27-,28-,30-,31+/m0/s1. The number of carbonyl (C=O) groups excluding carboxylic acids is 1. The zero-order valence-electron chi connectivity index (χ0n) is 25.3. The van der Waals surface area contributed by atoms with E-state index in [0.717, 1.165) is 55.4 Å². The first-order chi connectivity index (χ1) is 18.4. The minimum Gasteiger partial charge on any atom is -0.393 e. The number of amides is 1. The van der Waals surface area contributed by atoms with E-state index in [1.807, 2.05) is 6.92 Å². The van der Waals surface area contributed by atoms with Gasteiger partial charge in [0.05, 0.1) is 46.0 Å². The number of nitrogens with zero attached hydrogens (tertiary/aromatic N) is 3. The Morgan fingerprint density at radius 2 is 1.92 bits per heavy atom. The number of fused-ring (bicyclic) bond motifs is 5. The molecular formula is C31H54FN4O3+. The fourth-order valence-electron chi connectivity index (χ4n) is 8.71. The van der Waals surface area contributed by atoms with Gasteiger partial charge in [0.2, 0.25) is 0 Å². The number of halogens is 1. The van der Waals surface area contributed by atoms with Crippen LogP contribution < -0.4 is 5.32 Å². The maximum atomic E-state index is 13.2. The molecule has 0 bridgehead atoms. The molecule has 0 aromatic heterocycles. The van der Waals surface area contributed by atoms with Gasteiger partial charge in [-0.05, 0) is 86.9 Å². The molecule has 0 spiro atoms. The molecule has 2 N–H and O–H groups in total. The maximum Gasteiger partial charge on any atom is 0.436 e. The van der Waals surface area contributed by atoms with Gasteiger partial charge < -0.3 is 19.8 Å². The van der Waals surface area contributed by atoms with E-state index in [1.54, 1.807) is 0 Å². The molecule has 0 heterocycles. The number of oxime groups is 1. The van der Waals surface area contributed by atoms with Gasteiger partial charge in [0, 0.05) is 25.6 Å². The first-order valence-electron chi connectivity index (χ1n) is 15.3. The second kappa shape index (κ2) is 12.2. The van der Waals surface area contributed by atoms with Gasteiger partial charge in [0.1, 0.15) is 6.67 Å². The summed E-state index contributed by atoms with van der Waals surface area (Å²) in [4.78, 5) is 19.6. The summed E-state index contributed by atoms with van der Waals surface area (Å²) in [5, 5.41) is 18.0. The summed E-state index contributed by atoms with van der Waals surface area (Å²) in [6.07, 6.45) is 10.4. The minimum atomic E-state index is -0.602. The summed E-state index contributed by atoms with van der Waals surface area (Å²) in [6.45, 7) is 9.12. The van der Waals surface area contributed by atoms with Crippen LogP contribution in [0.2, 0.25) is 0 Å². The van der Waals surface area contributed by atoms with Crippen molar-refractivity contribution >= 4 is 11.8 Å². The van der Waals surface area contributed by atoms with Crippen LogP contribution >= 0.6 is 0 Å². The summed E-state index contributed by atoms with van der Waals surface area (Å²) in [6, 6.07) is 0. The zero-order valence-corrected chi connectivity index (χ0v) is 25.3. The van der Waals surface area contributed by atoms with Crippen molar-refractivity contribution in [2.45, 2.75) is 78.2 Å². The Bertz CT molecular complexity index is 933. The minimum absolute atomic E-state index is 0.0159. The van der Waals surface area contributed by atoms with Gasteiger partial charge >= 0.3 is 6.09 Å². The Labute approximate surface area is 235 Å². The Kier molecular flexibility index (Phi) is 9.49.